The van der Waals surface area contributed by atoms with Gasteiger partial charge in [-0.1, -0.05) is 12.1 Å². The van der Waals surface area contributed by atoms with Gasteiger partial charge in [0.1, 0.15) is 0 Å². The van der Waals surface area contributed by atoms with Crippen molar-refractivity contribution in [3.63, 3.8) is 0 Å². The number of hydrogen-bond acceptors (Lipinski definition) is 4. The molecule has 0 aromatic heterocycles. The van der Waals surface area contributed by atoms with E-state index in [4.69, 9.17) is 10.3 Å². The van der Waals surface area contributed by atoms with Crippen LogP contribution in [0, 0.1) is 0 Å². The number of nitrogens with two attached hydrogens (primary N) is 1. The van der Waals surface area contributed by atoms with Crippen molar-refractivity contribution in [1.29, 1.82) is 0 Å². The molecular weight excluding hydrogens is 288 g/mol. The van der Waals surface area contributed by atoms with Crippen LogP contribution >= 0.6 is 0 Å². The van der Waals surface area contributed by atoms with Crippen LogP contribution in [0.3, 0.4) is 0 Å². The summed E-state index contributed by atoms with van der Waals surface area (Å²) in [6, 6.07) is 13.8. The van der Waals surface area contributed by atoms with Crippen LogP contribution < -0.4 is 10.6 Å². The van der Waals surface area contributed by atoms with Crippen molar-refractivity contribution >= 4 is 21.5 Å². The van der Waals surface area contributed by atoms with Gasteiger partial charge in [-0.05, 0) is 48.9 Å². The van der Waals surface area contributed by atoms with E-state index in [0.29, 0.717) is 12.2 Å². The third-order valence-electron chi connectivity index (χ3n) is 3.23. The molecule has 0 aliphatic carbocycles. The van der Waals surface area contributed by atoms with Crippen molar-refractivity contribution in [2.75, 3.05) is 17.2 Å². The van der Waals surface area contributed by atoms with Crippen LogP contribution in [0.4, 0.5) is 11.4 Å². The second-order valence-electron chi connectivity index (χ2n) is 4.72. The fourth-order valence-electron chi connectivity index (χ4n) is 2.06. The lowest BCUT2D eigenvalue weighted by atomic mass is 10.2. The molecule has 0 aliphatic heterocycles. The van der Waals surface area contributed by atoms with Crippen molar-refractivity contribution in [2.45, 2.75) is 18.4 Å². The third kappa shape index (κ3) is 3.96. The van der Waals surface area contributed by atoms with Crippen molar-refractivity contribution in [2.24, 2.45) is 0 Å². The van der Waals surface area contributed by atoms with Crippen LogP contribution in [0.2, 0.25) is 0 Å². The predicted molar refractivity (Wildman–Crippen MR) is 83.8 cm³/mol. The van der Waals surface area contributed by atoms with Crippen molar-refractivity contribution < 1.29 is 13.0 Å². The van der Waals surface area contributed by atoms with E-state index >= 15 is 0 Å². The maximum atomic E-state index is 11.0. The Hall–Kier alpha value is -2.05. The van der Waals surface area contributed by atoms with Gasteiger partial charge in [-0.15, -0.1) is 0 Å². The van der Waals surface area contributed by atoms with E-state index in [-0.39, 0.29) is 4.90 Å². The second kappa shape index (κ2) is 6.15. The van der Waals surface area contributed by atoms with E-state index < -0.39 is 10.1 Å². The highest BCUT2D eigenvalue weighted by Crippen LogP contribution is 2.19. The lowest BCUT2D eigenvalue weighted by Crippen LogP contribution is -2.21. The Morgan fingerprint density at radius 1 is 1.05 bits per heavy atom. The number of nitrogen functional groups attached to an aromatic ring is 1. The molecule has 112 valence electrons. The number of rotatable bonds is 5. The quantitative estimate of drug-likeness (QED) is 0.655. The SMILES string of the molecule is CCN(Cc1ccc(S(=O)(=O)O)cc1)c1ccc(N)cc1. The summed E-state index contributed by atoms with van der Waals surface area (Å²) in [5, 5.41) is 0. The molecule has 0 fully saturated rings. The second-order valence-corrected chi connectivity index (χ2v) is 6.15. The molecule has 2 aromatic carbocycles. The Morgan fingerprint density at radius 2 is 1.62 bits per heavy atom. The van der Waals surface area contributed by atoms with Gasteiger partial charge in [0.25, 0.3) is 10.1 Å². The molecule has 21 heavy (non-hydrogen) atoms. The van der Waals surface area contributed by atoms with Crippen LogP contribution in [-0.4, -0.2) is 19.5 Å². The van der Waals surface area contributed by atoms with Gasteiger partial charge in [0, 0.05) is 24.5 Å². The Bertz CT molecular complexity index is 695. The summed E-state index contributed by atoms with van der Waals surface area (Å²) in [6.07, 6.45) is 0. The minimum absolute atomic E-state index is 0.0956. The summed E-state index contributed by atoms with van der Waals surface area (Å²) >= 11 is 0. The molecule has 5 nitrogen and oxygen atoms in total. The first kappa shape index (κ1) is 15.3. The van der Waals surface area contributed by atoms with Gasteiger partial charge in [-0.2, -0.15) is 8.42 Å². The van der Waals surface area contributed by atoms with E-state index in [9.17, 15) is 8.42 Å². The van der Waals surface area contributed by atoms with Gasteiger partial charge < -0.3 is 10.6 Å². The molecule has 6 heteroatoms. The topological polar surface area (TPSA) is 83.6 Å². The Kier molecular flexibility index (Phi) is 4.50. The maximum absolute atomic E-state index is 11.0. The molecule has 2 aromatic rings. The van der Waals surface area contributed by atoms with Crippen molar-refractivity contribution in [1.82, 2.24) is 0 Å². The fraction of sp³-hybridized carbons (Fsp3) is 0.200. The first-order valence-electron chi connectivity index (χ1n) is 6.57. The van der Waals surface area contributed by atoms with Gasteiger partial charge in [-0.3, -0.25) is 4.55 Å². The Morgan fingerprint density at radius 3 is 2.10 bits per heavy atom. The van der Waals surface area contributed by atoms with Gasteiger partial charge in [-0.25, -0.2) is 0 Å². The first-order chi connectivity index (χ1) is 9.90. The number of hydrogen-bond donors (Lipinski definition) is 2. The average Bonchev–Trinajstić information content (AvgIpc) is 2.45. The monoisotopic (exact) mass is 306 g/mol. The Labute approximate surface area is 124 Å². The van der Waals surface area contributed by atoms with Gasteiger partial charge in [0.2, 0.25) is 0 Å². The average molecular weight is 306 g/mol. The van der Waals surface area contributed by atoms with Crippen LogP contribution in [0.1, 0.15) is 12.5 Å². The van der Waals surface area contributed by atoms with Gasteiger partial charge >= 0.3 is 0 Å². The molecule has 0 amide bonds. The minimum atomic E-state index is -4.14. The fourth-order valence-corrected chi connectivity index (χ4v) is 2.54. The molecule has 0 atom stereocenters. The van der Waals surface area contributed by atoms with Crippen molar-refractivity contribution in [3.05, 3.63) is 54.1 Å². The molecule has 0 unspecified atom stereocenters. The zero-order chi connectivity index (χ0) is 15.5. The van der Waals surface area contributed by atoms with Gasteiger partial charge in [0.15, 0.2) is 0 Å². The van der Waals surface area contributed by atoms with E-state index in [2.05, 4.69) is 4.90 Å². The minimum Gasteiger partial charge on any atom is -0.399 e. The van der Waals surface area contributed by atoms with E-state index in [0.717, 1.165) is 17.8 Å². The van der Waals surface area contributed by atoms with Crippen molar-refractivity contribution in [3.8, 4) is 0 Å². The lowest BCUT2D eigenvalue weighted by molar-refractivity contribution is 0.483. The molecule has 2 rings (SSSR count). The summed E-state index contributed by atoms with van der Waals surface area (Å²) in [7, 11) is -4.14. The highest BCUT2D eigenvalue weighted by molar-refractivity contribution is 7.85. The van der Waals surface area contributed by atoms with Crippen LogP contribution in [0.15, 0.2) is 53.4 Å². The molecule has 0 aliphatic rings. The molecular formula is C15H18N2O3S. The van der Waals surface area contributed by atoms with Gasteiger partial charge in [0.05, 0.1) is 4.90 Å². The maximum Gasteiger partial charge on any atom is 0.294 e. The number of nitrogens with zero attached hydrogens (tertiary/aromatic N) is 1. The largest absolute Gasteiger partial charge is 0.399 e. The highest BCUT2D eigenvalue weighted by atomic mass is 32.2. The zero-order valence-electron chi connectivity index (χ0n) is 11.7. The van der Waals surface area contributed by atoms with Crippen LogP contribution in [-0.2, 0) is 16.7 Å². The van der Waals surface area contributed by atoms with Crippen LogP contribution in [0.5, 0.6) is 0 Å². The standard InChI is InChI=1S/C15H18N2O3S/c1-2-17(14-7-5-13(16)6-8-14)11-12-3-9-15(10-4-12)21(18,19)20/h3-10H,2,11,16H2,1H3,(H,18,19,20). The smallest absolute Gasteiger partial charge is 0.294 e. The summed E-state index contributed by atoms with van der Waals surface area (Å²) in [5.41, 5.74) is 8.40. The lowest BCUT2D eigenvalue weighted by Gasteiger charge is -2.23. The molecule has 0 bridgehead atoms. The summed E-state index contributed by atoms with van der Waals surface area (Å²) < 4.78 is 31.0. The third-order valence-corrected chi connectivity index (χ3v) is 4.10. The predicted octanol–water partition coefficient (Wildman–Crippen LogP) is 2.54. The molecule has 0 saturated heterocycles. The number of anilines is 2. The molecule has 0 radical (unpaired) electrons. The highest BCUT2D eigenvalue weighted by Gasteiger charge is 2.10. The van der Waals surface area contributed by atoms with E-state index in [1.807, 2.05) is 31.2 Å². The molecule has 3 N–H and O–H groups in total. The molecule has 0 heterocycles. The van der Waals surface area contributed by atoms with Crippen LogP contribution in [0.25, 0.3) is 0 Å². The normalized spacial score (nSPS) is 11.3. The van der Waals surface area contributed by atoms with E-state index in [1.165, 1.54) is 12.1 Å². The Balaban J connectivity index is 2.17. The molecule has 0 saturated carbocycles. The summed E-state index contributed by atoms with van der Waals surface area (Å²) in [6.45, 7) is 3.50. The summed E-state index contributed by atoms with van der Waals surface area (Å²) in [5.74, 6) is 0. The molecule has 0 spiro atoms. The zero-order valence-corrected chi connectivity index (χ0v) is 12.5. The van der Waals surface area contributed by atoms with E-state index in [1.54, 1.807) is 12.1 Å². The summed E-state index contributed by atoms with van der Waals surface area (Å²) in [4.78, 5) is 2.05. The number of benzene rings is 2. The first-order valence-corrected chi connectivity index (χ1v) is 8.01.